The third-order valence-corrected chi connectivity index (χ3v) is 6.82. The van der Waals surface area contributed by atoms with Crippen LogP contribution < -0.4 is 10.0 Å². The molecule has 0 bridgehead atoms. The Bertz CT molecular complexity index is 920. The summed E-state index contributed by atoms with van der Waals surface area (Å²) in [4.78, 5) is 0. The van der Waals surface area contributed by atoms with Crippen molar-refractivity contribution >= 4 is 15.7 Å². The summed E-state index contributed by atoms with van der Waals surface area (Å²) in [6, 6.07) is 9.67. The van der Waals surface area contributed by atoms with Crippen molar-refractivity contribution in [3.05, 3.63) is 63.7 Å². The van der Waals surface area contributed by atoms with Crippen LogP contribution in [-0.2, 0) is 41.5 Å². The van der Waals surface area contributed by atoms with Gasteiger partial charge in [0.25, 0.3) is 0 Å². The highest BCUT2D eigenvalue weighted by Crippen LogP contribution is 2.38. The number of aliphatic hydroxyl groups excluding tert-OH is 1. The Morgan fingerprint density at radius 1 is 1.00 bits per heavy atom. The number of hydrogen-bond acceptors (Lipinski definition) is 4. The number of rotatable bonds is 6. The third-order valence-electron chi connectivity index (χ3n) is 5.52. The van der Waals surface area contributed by atoms with Crippen molar-refractivity contribution in [1.29, 1.82) is 0 Å². The minimum absolute atomic E-state index is 0.156. The fourth-order valence-electron chi connectivity index (χ4n) is 4.27. The molecule has 1 atom stereocenters. The minimum Gasteiger partial charge on any atom is -0.360 e. The van der Waals surface area contributed by atoms with E-state index in [4.69, 9.17) is 0 Å². The van der Waals surface area contributed by atoms with Crippen molar-refractivity contribution in [3.63, 3.8) is 0 Å². The van der Waals surface area contributed by atoms with E-state index in [2.05, 4.69) is 16.1 Å². The lowest BCUT2D eigenvalue weighted by atomic mass is 9.99. The molecule has 27 heavy (non-hydrogen) atoms. The summed E-state index contributed by atoms with van der Waals surface area (Å²) < 4.78 is 27.3. The van der Waals surface area contributed by atoms with Crippen LogP contribution in [0.4, 0.5) is 5.69 Å². The Hall–Kier alpha value is -1.89. The van der Waals surface area contributed by atoms with Crippen LogP contribution in [0.5, 0.6) is 0 Å². The fourth-order valence-corrected chi connectivity index (χ4v) is 5.39. The molecule has 2 aliphatic carbocycles. The second-order valence-electron chi connectivity index (χ2n) is 7.64. The van der Waals surface area contributed by atoms with Gasteiger partial charge >= 0.3 is 0 Å². The number of aryl methyl sites for hydroxylation is 3. The smallest absolute Gasteiger partial charge is 0.219 e. The minimum atomic E-state index is -3.66. The van der Waals surface area contributed by atoms with Crippen LogP contribution in [0.3, 0.4) is 0 Å². The zero-order valence-electron chi connectivity index (χ0n) is 15.6. The zero-order chi connectivity index (χ0) is 19.0. The molecule has 0 saturated carbocycles. The first-order chi connectivity index (χ1) is 12.9. The van der Waals surface area contributed by atoms with E-state index in [1.807, 2.05) is 19.1 Å². The molecule has 2 aromatic carbocycles. The predicted octanol–water partition coefficient (Wildman–Crippen LogP) is 2.78. The van der Waals surface area contributed by atoms with E-state index < -0.39 is 16.4 Å². The first-order valence-electron chi connectivity index (χ1n) is 9.58. The molecule has 0 fully saturated rings. The fraction of sp³-hybridized carbons (Fsp3) is 0.429. The van der Waals surface area contributed by atoms with Gasteiger partial charge in [-0.1, -0.05) is 35.9 Å². The average Bonchev–Trinajstić information content (AvgIpc) is 3.25. The van der Waals surface area contributed by atoms with Gasteiger partial charge in [0, 0.05) is 5.69 Å². The van der Waals surface area contributed by atoms with Crippen molar-refractivity contribution in [3.8, 4) is 0 Å². The van der Waals surface area contributed by atoms with E-state index >= 15 is 0 Å². The van der Waals surface area contributed by atoms with Crippen LogP contribution in [-0.4, -0.2) is 19.9 Å². The molecule has 6 heteroatoms. The number of aliphatic hydroxyl groups is 1. The molecule has 0 amide bonds. The number of nitrogens with one attached hydrogen (secondary N) is 2. The van der Waals surface area contributed by atoms with Crippen LogP contribution in [0.15, 0.2) is 30.3 Å². The van der Waals surface area contributed by atoms with Gasteiger partial charge in [-0.15, -0.1) is 0 Å². The number of anilines is 1. The van der Waals surface area contributed by atoms with Gasteiger partial charge in [-0.2, -0.15) is 4.72 Å². The number of sulfonamides is 1. The van der Waals surface area contributed by atoms with Gasteiger partial charge in [0.2, 0.25) is 10.0 Å². The molecule has 0 aromatic heterocycles. The summed E-state index contributed by atoms with van der Waals surface area (Å²) in [5.41, 5.74) is 7.89. The lowest BCUT2D eigenvalue weighted by molar-refractivity contribution is 0.192. The summed E-state index contributed by atoms with van der Waals surface area (Å²) in [6.07, 6.45) is 4.97. The Morgan fingerprint density at radius 2 is 1.59 bits per heavy atom. The molecule has 0 aliphatic heterocycles. The standard InChI is InChI=1S/C21H26N2O3S/c1-14-8-10-15(11-9-14)13-27(25,26)23-21(24)22-20-18-6-2-4-16(18)12-17-5-3-7-19(17)20/h8-12,21-24H,2-7,13H2,1H3. The summed E-state index contributed by atoms with van der Waals surface area (Å²) in [6.45, 7) is 1.96. The highest BCUT2D eigenvalue weighted by atomic mass is 32.2. The molecular formula is C21H26N2O3S. The molecule has 144 valence electrons. The van der Waals surface area contributed by atoms with Gasteiger partial charge in [-0.3, -0.25) is 0 Å². The topological polar surface area (TPSA) is 78.4 Å². The van der Waals surface area contributed by atoms with E-state index in [0.717, 1.165) is 49.8 Å². The van der Waals surface area contributed by atoms with Crippen molar-refractivity contribution < 1.29 is 13.5 Å². The molecule has 1 unspecified atom stereocenters. The first-order valence-corrected chi connectivity index (χ1v) is 11.2. The largest absolute Gasteiger partial charge is 0.360 e. The van der Waals surface area contributed by atoms with Crippen LogP contribution >= 0.6 is 0 Å². The monoisotopic (exact) mass is 386 g/mol. The van der Waals surface area contributed by atoms with Gasteiger partial charge in [-0.05, 0) is 73.3 Å². The van der Waals surface area contributed by atoms with Gasteiger partial charge in [0.1, 0.15) is 0 Å². The molecule has 0 saturated heterocycles. The number of hydrogen-bond donors (Lipinski definition) is 3. The van der Waals surface area contributed by atoms with Crippen LogP contribution in [0, 0.1) is 6.92 Å². The van der Waals surface area contributed by atoms with E-state index in [1.165, 1.54) is 22.3 Å². The Morgan fingerprint density at radius 3 is 2.19 bits per heavy atom. The maximum absolute atomic E-state index is 12.4. The summed E-state index contributed by atoms with van der Waals surface area (Å²) in [5.74, 6) is -0.156. The van der Waals surface area contributed by atoms with Gasteiger partial charge in [0.05, 0.1) is 5.75 Å². The van der Waals surface area contributed by atoms with Crippen molar-refractivity contribution in [1.82, 2.24) is 4.72 Å². The Balaban J connectivity index is 1.50. The van der Waals surface area contributed by atoms with E-state index in [-0.39, 0.29) is 5.75 Å². The predicted molar refractivity (Wildman–Crippen MR) is 107 cm³/mol. The first kappa shape index (κ1) is 18.5. The van der Waals surface area contributed by atoms with Gasteiger partial charge in [-0.25, -0.2) is 8.42 Å². The molecule has 3 N–H and O–H groups in total. The highest BCUT2D eigenvalue weighted by Gasteiger charge is 2.26. The van der Waals surface area contributed by atoms with E-state index in [0.29, 0.717) is 5.56 Å². The maximum atomic E-state index is 12.4. The summed E-state index contributed by atoms with van der Waals surface area (Å²) in [5, 5.41) is 13.5. The van der Waals surface area contributed by atoms with Crippen molar-refractivity contribution in [2.24, 2.45) is 0 Å². The van der Waals surface area contributed by atoms with Crippen molar-refractivity contribution in [2.45, 2.75) is 57.6 Å². The summed E-state index contributed by atoms with van der Waals surface area (Å²) >= 11 is 0. The van der Waals surface area contributed by atoms with Crippen LogP contribution in [0.2, 0.25) is 0 Å². The SMILES string of the molecule is Cc1ccc(CS(=O)(=O)NC(O)Nc2c3c(cc4c2CCC4)CCC3)cc1. The van der Waals surface area contributed by atoms with Gasteiger partial charge in [0.15, 0.2) is 6.35 Å². The lowest BCUT2D eigenvalue weighted by Gasteiger charge is -2.21. The molecule has 0 spiro atoms. The van der Waals surface area contributed by atoms with Gasteiger partial charge < -0.3 is 10.4 Å². The molecule has 2 aliphatic rings. The second kappa shape index (κ2) is 7.26. The van der Waals surface area contributed by atoms with Crippen LogP contribution in [0.1, 0.15) is 46.2 Å². The molecule has 2 aromatic rings. The normalized spacial score (nSPS) is 16.8. The second-order valence-corrected chi connectivity index (χ2v) is 9.40. The quantitative estimate of drug-likeness (QED) is 0.667. The summed E-state index contributed by atoms with van der Waals surface area (Å²) in [7, 11) is -3.66. The van der Waals surface area contributed by atoms with Crippen molar-refractivity contribution in [2.75, 3.05) is 5.32 Å². The molecule has 4 rings (SSSR count). The Labute approximate surface area is 160 Å². The van der Waals surface area contributed by atoms with Crippen LogP contribution in [0.25, 0.3) is 0 Å². The zero-order valence-corrected chi connectivity index (χ0v) is 16.4. The average molecular weight is 387 g/mol. The van der Waals surface area contributed by atoms with E-state index in [9.17, 15) is 13.5 Å². The highest BCUT2D eigenvalue weighted by molar-refractivity contribution is 7.88. The van der Waals surface area contributed by atoms with E-state index in [1.54, 1.807) is 12.1 Å². The molecule has 0 radical (unpaired) electrons. The number of fused-ring (bicyclic) bond motifs is 2. The third kappa shape index (κ3) is 4.03. The lowest BCUT2D eigenvalue weighted by Crippen LogP contribution is -2.41. The molecule has 0 heterocycles. The maximum Gasteiger partial charge on any atom is 0.219 e. The molecule has 5 nitrogen and oxygen atoms in total. The molecular weight excluding hydrogens is 360 g/mol. The Kier molecular flexibility index (Phi) is 4.97. The number of benzene rings is 2.